The van der Waals surface area contributed by atoms with Crippen molar-refractivity contribution in [1.29, 1.82) is 0 Å². The molecule has 0 saturated heterocycles. The molecule has 0 heterocycles. The van der Waals surface area contributed by atoms with Gasteiger partial charge in [0, 0.05) is 5.56 Å². The molecular formula is C11H13ClO4. The van der Waals surface area contributed by atoms with Crippen LogP contribution in [0, 0.1) is 0 Å². The van der Waals surface area contributed by atoms with Crippen LogP contribution in [-0.2, 0) is 0 Å². The van der Waals surface area contributed by atoms with Crippen LogP contribution in [-0.4, -0.2) is 34.3 Å². The first-order valence-corrected chi connectivity index (χ1v) is 5.22. The summed E-state index contributed by atoms with van der Waals surface area (Å²) in [6.45, 7) is 1.10. The molecule has 5 heteroatoms. The van der Waals surface area contributed by atoms with Gasteiger partial charge in [-0.2, -0.15) is 0 Å². The quantitative estimate of drug-likeness (QED) is 0.464. The number of ketones is 1. The Morgan fingerprint density at radius 1 is 1.50 bits per heavy atom. The Morgan fingerprint density at radius 3 is 2.75 bits per heavy atom. The zero-order valence-corrected chi connectivity index (χ0v) is 9.57. The van der Waals surface area contributed by atoms with Crippen LogP contribution < -0.4 is 4.74 Å². The third kappa shape index (κ3) is 3.81. The van der Waals surface area contributed by atoms with E-state index in [1.54, 1.807) is 18.2 Å². The van der Waals surface area contributed by atoms with Gasteiger partial charge in [0.05, 0.1) is 5.88 Å². The summed E-state index contributed by atoms with van der Waals surface area (Å²) in [5.74, 6) is -2.10. The first-order chi connectivity index (χ1) is 7.44. The lowest BCUT2D eigenvalue weighted by molar-refractivity contribution is -0.162. The molecule has 0 atom stereocenters. The topological polar surface area (TPSA) is 66.8 Å². The van der Waals surface area contributed by atoms with E-state index >= 15 is 0 Å². The Balaban J connectivity index is 2.68. The molecule has 0 aliphatic carbocycles. The summed E-state index contributed by atoms with van der Waals surface area (Å²) in [5, 5.41) is 18.4. The van der Waals surface area contributed by atoms with Gasteiger partial charge < -0.3 is 14.9 Å². The van der Waals surface area contributed by atoms with Crippen LogP contribution in [0.15, 0.2) is 24.3 Å². The summed E-state index contributed by atoms with van der Waals surface area (Å²) in [6, 6.07) is 6.47. The first kappa shape index (κ1) is 13.0. The van der Waals surface area contributed by atoms with Crippen LogP contribution in [0.1, 0.15) is 17.3 Å². The highest BCUT2D eigenvalue weighted by molar-refractivity contribution is 6.18. The van der Waals surface area contributed by atoms with Crippen molar-refractivity contribution in [2.45, 2.75) is 12.7 Å². The van der Waals surface area contributed by atoms with Gasteiger partial charge in [0.1, 0.15) is 12.4 Å². The fraction of sp³-hybridized carbons (Fsp3) is 0.364. The highest BCUT2D eigenvalue weighted by Gasteiger charge is 2.22. The van der Waals surface area contributed by atoms with Crippen LogP contribution in [0.3, 0.4) is 0 Å². The van der Waals surface area contributed by atoms with E-state index in [4.69, 9.17) is 16.3 Å². The maximum absolute atomic E-state index is 11.1. The maximum atomic E-state index is 11.1. The SMILES string of the molecule is CC(=O)c1cccc(OCC(O)(O)CCl)c1. The standard InChI is InChI=1S/C11H13ClO4/c1-8(13)9-3-2-4-10(5-9)16-7-11(14,15)6-12/h2-5,14-15H,6-7H2,1H3. The number of ether oxygens (including phenoxy) is 1. The summed E-state index contributed by atoms with van der Waals surface area (Å²) >= 11 is 5.31. The lowest BCUT2D eigenvalue weighted by Gasteiger charge is -2.19. The Labute approximate surface area is 98.4 Å². The maximum Gasteiger partial charge on any atom is 0.211 e. The largest absolute Gasteiger partial charge is 0.488 e. The fourth-order valence-corrected chi connectivity index (χ4v) is 1.12. The normalized spacial score (nSPS) is 11.2. The number of Topliss-reactive ketones (excluding diaryl/α,β-unsaturated/α-hetero) is 1. The third-order valence-electron chi connectivity index (χ3n) is 1.92. The van der Waals surface area contributed by atoms with Gasteiger partial charge in [0.15, 0.2) is 5.78 Å². The predicted octanol–water partition coefficient (Wildman–Crippen LogP) is 1.19. The van der Waals surface area contributed by atoms with E-state index in [9.17, 15) is 15.0 Å². The molecule has 4 nitrogen and oxygen atoms in total. The molecule has 0 aliphatic heterocycles. The highest BCUT2D eigenvalue weighted by Crippen LogP contribution is 2.15. The van der Waals surface area contributed by atoms with Gasteiger partial charge in [-0.1, -0.05) is 12.1 Å². The number of benzene rings is 1. The van der Waals surface area contributed by atoms with Gasteiger partial charge >= 0.3 is 0 Å². The fourth-order valence-electron chi connectivity index (χ4n) is 1.04. The minimum atomic E-state index is -2.06. The first-order valence-electron chi connectivity index (χ1n) is 4.69. The van der Waals surface area contributed by atoms with Gasteiger partial charge in [-0.05, 0) is 19.1 Å². The molecule has 16 heavy (non-hydrogen) atoms. The Hall–Kier alpha value is -1.10. The summed E-state index contributed by atoms with van der Waals surface area (Å²) in [7, 11) is 0. The monoisotopic (exact) mass is 244 g/mol. The third-order valence-corrected chi connectivity index (χ3v) is 2.35. The van der Waals surface area contributed by atoms with Crippen molar-refractivity contribution < 1.29 is 19.7 Å². The molecule has 88 valence electrons. The van der Waals surface area contributed by atoms with E-state index in [1.807, 2.05) is 0 Å². The number of hydrogen-bond donors (Lipinski definition) is 2. The minimum Gasteiger partial charge on any atom is -0.488 e. The van der Waals surface area contributed by atoms with E-state index in [0.29, 0.717) is 11.3 Å². The van der Waals surface area contributed by atoms with E-state index < -0.39 is 5.79 Å². The molecule has 0 saturated carbocycles. The Kier molecular flexibility index (Phi) is 4.29. The van der Waals surface area contributed by atoms with Gasteiger partial charge in [-0.25, -0.2) is 0 Å². The van der Waals surface area contributed by atoms with Crippen LogP contribution in [0.2, 0.25) is 0 Å². The minimum absolute atomic E-state index is 0.0814. The van der Waals surface area contributed by atoms with Crippen molar-refractivity contribution in [3.8, 4) is 5.75 Å². The molecule has 1 aromatic rings. The molecule has 0 spiro atoms. The van der Waals surface area contributed by atoms with E-state index in [0.717, 1.165) is 0 Å². The van der Waals surface area contributed by atoms with Crippen molar-refractivity contribution in [3.63, 3.8) is 0 Å². The van der Waals surface area contributed by atoms with Gasteiger partial charge in [0.25, 0.3) is 0 Å². The molecule has 0 radical (unpaired) electrons. The van der Waals surface area contributed by atoms with Crippen LogP contribution in [0.5, 0.6) is 5.75 Å². The lowest BCUT2D eigenvalue weighted by atomic mass is 10.1. The summed E-state index contributed by atoms with van der Waals surface area (Å²) in [5.41, 5.74) is 0.504. The molecule has 0 fully saturated rings. The van der Waals surface area contributed by atoms with Gasteiger partial charge in [-0.15, -0.1) is 11.6 Å². The van der Waals surface area contributed by atoms with E-state index in [2.05, 4.69) is 0 Å². The zero-order chi connectivity index (χ0) is 12.2. The van der Waals surface area contributed by atoms with Crippen molar-refractivity contribution in [1.82, 2.24) is 0 Å². The molecule has 2 N–H and O–H groups in total. The van der Waals surface area contributed by atoms with Crippen molar-refractivity contribution in [2.75, 3.05) is 12.5 Å². The average Bonchev–Trinajstić information content (AvgIpc) is 2.27. The number of carbonyl (C=O) groups excluding carboxylic acids is 1. The molecule has 0 amide bonds. The summed E-state index contributed by atoms with van der Waals surface area (Å²) in [6.07, 6.45) is 0. The molecule has 1 aromatic carbocycles. The second-order valence-corrected chi connectivity index (χ2v) is 3.76. The highest BCUT2D eigenvalue weighted by atomic mass is 35.5. The average molecular weight is 245 g/mol. The number of carbonyl (C=O) groups is 1. The van der Waals surface area contributed by atoms with Gasteiger partial charge in [-0.3, -0.25) is 4.79 Å². The van der Waals surface area contributed by atoms with Crippen molar-refractivity contribution >= 4 is 17.4 Å². The molecular weight excluding hydrogens is 232 g/mol. The van der Waals surface area contributed by atoms with Crippen LogP contribution in [0.4, 0.5) is 0 Å². The number of aliphatic hydroxyl groups is 2. The molecule has 0 bridgehead atoms. The number of alkyl halides is 1. The molecule has 0 aliphatic rings. The molecule has 1 rings (SSSR count). The van der Waals surface area contributed by atoms with E-state index in [-0.39, 0.29) is 18.3 Å². The summed E-state index contributed by atoms with van der Waals surface area (Å²) < 4.78 is 5.12. The van der Waals surface area contributed by atoms with Crippen molar-refractivity contribution in [2.24, 2.45) is 0 Å². The van der Waals surface area contributed by atoms with Crippen LogP contribution >= 0.6 is 11.6 Å². The summed E-state index contributed by atoms with van der Waals surface area (Å²) in [4.78, 5) is 11.1. The second-order valence-electron chi connectivity index (χ2n) is 3.49. The Bertz CT molecular complexity index is 376. The zero-order valence-electron chi connectivity index (χ0n) is 8.81. The van der Waals surface area contributed by atoms with E-state index in [1.165, 1.54) is 13.0 Å². The number of rotatable bonds is 5. The molecule has 0 aromatic heterocycles. The number of halogens is 1. The lowest BCUT2D eigenvalue weighted by Crippen LogP contribution is -2.37. The van der Waals surface area contributed by atoms with Crippen LogP contribution in [0.25, 0.3) is 0 Å². The second kappa shape index (κ2) is 5.30. The number of hydrogen-bond acceptors (Lipinski definition) is 4. The van der Waals surface area contributed by atoms with Gasteiger partial charge in [0.2, 0.25) is 5.79 Å². The smallest absolute Gasteiger partial charge is 0.211 e. The molecule has 0 unspecified atom stereocenters. The predicted molar refractivity (Wildman–Crippen MR) is 59.8 cm³/mol. The Morgan fingerprint density at radius 2 is 2.19 bits per heavy atom. The van der Waals surface area contributed by atoms with Crippen molar-refractivity contribution in [3.05, 3.63) is 29.8 Å².